The van der Waals surface area contributed by atoms with Crippen molar-refractivity contribution < 1.29 is 13.2 Å². The molecular formula is C18H17ClF3N5. The van der Waals surface area contributed by atoms with E-state index in [-0.39, 0.29) is 11.3 Å². The second kappa shape index (κ2) is 6.67. The molecule has 142 valence electrons. The van der Waals surface area contributed by atoms with Crippen molar-refractivity contribution in [3.8, 4) is 0 Å². The highest BCUT2D eigenvalue weighted by Gasteiger charge is 2.32. The summed E-state index contributed by atoms with van der Waals surface area (Å²) in [5, 5.41) is 5.13. The first kappa shape index (κ1) is 18.0. The van der Waals surface area contributed by atoms with Gasteiger partial charge in [0, 0.05) is 13.6 Å². The largest absolute Gasteiger partial charge is 0.416 e. The summed E-state index contributed by atoms with van der Waals surface area (Å²) >= 11 is 6.12. The van der Waals surface area contributed by atoms with Crippen LogP contribution in [-0.2, 0) is 13.2 Å². The summed E-state index contributed by atoms with van der Waals surface area (Å²) in [6.45, 7) is 0.739. The third kappa shape index (κ3) is 3.34. The van der Waals surface area contributed by atoms with Gasteiger partial charge >= 0.3 is 6.18 Å². The Hall–Kier alpha value is -2.35. The van der Waals surface area contributed by atoms with Gasteiger partial charge in [-0.15, -0.1) is 0 Å². The van der Waals surface area contributed by atoms with Gasteiger partial charge in [-0.3, -0.25) is 4.68 Å². The Bertz CT molecular complexity index is 968. The van der Waals surface area contributed by atoms with E-state index in [9.17, 15) is 13.2 Å². The van der Waals surface area contributed by atoms with Gasteiger partial charge in [-0.1, -0.05) is 12.1 Å². The van der Waals surface area contributed by atoms with Gasteiger partial charge in [0.1, 0.15) is 5.82 Å². The van der Waals surface area contributed by atoms with Crippen molar-refractivity contribution in [2.75, 3.05) is 11.4 Å². The highest BCUT2D eigenvalue weighted by Crippen LogP contribution is 2.38. The van der Waals surface area contributed by atoms with Crippen molar-refractivity contribution in [1.29, 1.82) is 0 Å². The first-order valence-electron chi connectivity index (χ1n) is 8.63. The predicted octanol–water partition coefficient (Wildman–Crippen LogP) is 4.77. The Morgan fingerprint density at radius 1 is 1.11 bits per heavy atom. The molecule has 5 nitrogen and oxygen atoms in total. The van der Waals surface area contributed by atoms with Crippen molar-refractivity contribution in [1.82, 2.24) is 19.7 Å². The zero-order valence-electron chi connectivity index (χ0n) is 14.5. The molecule has 0 spiro atoms. The Labute approximate surface area is 158 Å². The lowest BCUT2D eigenvalue weighted by molar-refractivity contribution is -0.137. The monoisotopic (exact) mass is 395 g/mol. The molecule has 1 fully saturated rings. The second-order valence-corrected chi connectivity index (χ2v) is 6.98. The highest BCUT2D eigenvalue weighted by atomic mass is 35.5. The van der Waals surface area contributed by atoms with Crippen molar-refractivity contribution >= 4 is 28.5 Å². The summed E-state index contributed by atoms with van der Waals surface area (Å²) in [6.07, 6.45) is 0.151. The van der Waals surface area contributed by atoms with Crippen LogP contribution in [0.3, 0.4) is 0 Å². The minimum absolute atomic E-state index is 0.0737. The van der Waals surface area contributed by atoms with Crippen LogP contribution in [0.2, 0.25) is 5.28 Å². The van der Waals surface area contributed by atoms with E-state index >= 15 is 0 Å². The fourth-order valence-corrected chi connectivity index (χ4v) is 3.79. The van der Waals surface area contributed by atoms with Gasteiger partial charge in [-0.2, -0.15) is 28.2 Å². The SMILES string of the molecule is Cn1ncc2c(N3CCCCC3c3ccc(C(F)(F)F)cc3)nc(Cl)nc21. The molecule has 0 radical (unpaired) electrons. The minimum atomic E-state index is -4.34. The van der Waals surface area contributed by atoms with E-state index in [1.807, 2.05) is 0 Å². The van der Waals surface area contributed by atoms with Gasteiger partial charge in [0.15, 0.2) is 5.65 Å². The Kier molecular flexibility index (Phi) is 4.46. The molecule has 0 N–H and O–H groups in total. The van der Waals surface area contributed by atoms with Crippen molar-refractivity contribution in [3.05, 3.63) is 46.9 Å². The molecule has 1 atom stereocenters. The number of nitrogens with zero attached hydrogens (tertiary/aromatic N) is 5. The van der Waals surface area contributed by atoms with Gasteiger partial charge < -0.3 is 4.90 Å². The van der Waals surface area contributed by atoms with E-state index in [0.717, 1.165) is 48.9 Å². The summed E-state index contributed by atoms with van der Waals surface area (Å²) in [5.74, 6) is 0.669. The average Bonchev–Trinajstić information content (AvgIpc) is 3.01. The molecule has 1 saturated heterocycles. The van der Waals surface area contributed by atoms with Crippen molar-refractivity contribution in [2.45, 2.75) is 31.5 Å². The number of alkyl halides is 3. The lowest BCUT2D eigenvalue weighted by atomic mass is 9.94. The molecule has 0 aliphatic carbocycles. The summed E-state index contributed by atoms with van der Waals surface area (Å²) in [6, 6.07) is 5.29. The Morgan fingerprint density at radius 2 is 1.85 bits per heavy atom. The number of piperidine rings is 1. The van der Waals surface area contributed by atoms with Gasteiger partial charge in [-0.25, -0.2) is 0 Å². The molecule has 3 aromatic rings. The van der Waals surface area contributed by atoms with Gasteiger partial charge in [0.2, 0.25) is 5.28 Å². The minimum Gasteiger partial charge on any atom is -0.349 e. The number of rotatable bonds is 2. The number of hydrogen-bond acceptors (Lipinski definition) is 4. The maximum Gasteiger partial charge on any atom is 0.416 e. The molecule has 0 saturated carbocycles. The summed E-state index contributed by atoms with van der Waals surface area (Å²) in [4.78, 5) is 10.7. The fraction of sp³-hybridized carbons (Fsp3) is 0.389. The molecule has 9 heteroatoms. The molecule has 1 unspecified atom stereocenters. The van der Waals surface area contributed by atoms with Crippen LogP contribution in [0.4, 0.5) is 19.0 Å². The van der Waals surface area contributed by atoms with Crippen LogP contribution >= 0.6 is 11.6 Å². The lowest BCUT2D eigenvalue weighted by Crippen LogP contribution is -2.34. The number of hydrogen-bond donors (Lipinski definition) is 0. The second-order valence-electron chi connectivity index (χ2n) is 6.65. The topological polar surface area (TPSA) is 46.8 Å². The van der Waals surface area contributed by atoms with Crippen LogP contribution in [0, 0.1) is 0 Å². The van der Waals surface area contributed by atoms with Gasteiger partial charge in [0.05, 0.1) is 23.2 Å². The molecule has 27 heavy (non-hydrogen) atoms. The van der Waals surface area contributed by atoms with Crippen LogP contribution in [0.25, 0.3) is 11.0 Å². The number of aromatic nitrogens is 4. The standard InChI is InChI=1S/C18H17ClF3N5/c1-26-15-13(10-23-26)16(25-17(19)24-15)27-9-3-2-4-14(27)11-5-7-12(8-6-11)18(20,21)22/h5-8,10,14H,2-4,9H2,1H3. The van der Waals surface area contributed by atoms with Crippen molar-refractivity contribution in [2.24, 2.45) is 7.05 Å². The maximum atomic E-state index is 12.9. The molecule has 2 aromatic heterocycles. The van der Waals surface area contributed by atoms with E-state index in [1.165, 1.54) is 0 Å². The molecule has 0 amide bonds. The molecule has 0 bridgehead atoms. The van der Waals surface area contributed by atoms with Gasteiger partial charge in [-0.05, 0) is 48.6 Å². The summed E-state index contributed by atoms with van der Waals surface area (Å²) < 4.78 is 40.2. The zero-order chi connectivity index (χ0) is 19.2. The van der Waals surface area contributed by atoms with Crippen LogP contribution in [0.5, 0.6) is 0 Å². The third-order valence-corrected chi connectivity index (χ3v) is 5.11. The number of aryl methyl sites for hydroxylation is 1. The zero-order valence-corrected chi connectivity index (χ0v) is 15.3. The highest BCUT2D eigenvalue weighted by molar-refractivity contribution is 6.28. The molecule has 1 aromatic carbocycles. The van der Waals surface area contributed by atoms with Gasteiger partial charge in [0.25, 0.3) is 0 Å². The van der Waals surface area contributed by atoms with Crippen LogP contribution in [0.15, 0.2) is 30.5 Å². The van der Waals surface area contributed by atoms with Crippen LogP contribution in [-0.4, -0.2) is 26.3 Å². The van der Waals surface area contributed by atoms with Crippen LogP contribution < -0.4 is 4.90 Å². The third-order valence-electron chi connectivity index (χ3n) is 4.94. The predicted molar refractivity (Wildman–Crippen MR) is 96.7 cm³/mol. The van der Waals surface area contributed by atoms with E-state index in [1.54, 1.807) is 30.1 Å². The molecule has 1 aliphatic rings. The van der Waals surface area contributed by atoms with E-state index in [4.69, 9.17) is 11.6 Å². The Balaban J connectivity index is 1.76. The van der Waals surface area contributed by atoms with E-state index in [2.05, 4.69) is 20.0 Å². The van der Waals surface area contributed by atoms with E-state index < -0.39 is 11.7 Å². The number of anilines is 1. The van der Waals surface area contributed by atoms with E-state index in [0.29, 0.717) is 11.5 Å². The number of benzene rings is 1. The van der Waals surface area contributed by atoms with Crippen LogP contribution in [0.1, 0.15) is 36.4 Å². The quantitative estimate of drug-likeness (QED) is 0.586. The Morgan fingerprint density at radius 3 is 2.56 bits per heavy atom. The summed E-state index contributed by atoms with van der Waals surface area (Å²) in [7, 11) is 1.78. The lowest BCUT2D eigenvalue weighted by Gasteiger charge is -2.37. The normalized spacial score (nSPS) is 18.3. The molecule has 1 aliphatic heterocycles. The first-order valence-corrected chi connectivity index (χ1v) is 9.01. The molecule has 4 rings (SSSR count). The smallest absolute Gasteiger partial charge is 0.349 e. The first-order chi connectivity index (χ1) is 12.8. The van der Waals surface area contributed by atoms with Crippen molar-refractivity contribution in [3.63, 3.8) is 0 Å². The fourth-order valence-electron chi connectivity index (χ4n) is 3.63. The number of halogens is 4. The molecule has 3 heterocycles. The average molecular weight is 396 g/mol. The summed E-state index contributed by atoms with van der Waals surface area (Å²) in [5.41, 5.74) is 0.810. The molecular weight excluding hydrogens is 379 g/mol. The maximum absolute atomic E-state index is 12.9. The number of fused-ring (bicyclic) bond motifs is 1.